The monoisotopic (exact) mass is 375 g/mol. The Labute approximate surface area is 131 Å². The number of Topliss-reactive ketones (excluding diaryl/α,β-unsaturated/α-hetero) is 1. The van der Waals surface area contributed by atoms with E-state index in [9.17, 15) is 14.9 Å². The highest BCUT2D eigenvalue weighted by Crippen LogP contribution is 2.34. The number of nitrogens with zero attached hydrogens (tertiary/aromatic N) is 1. The van der Waals surface area contributed by atoms with Crippen LogP contribution in [0.1, 0.15) is 9.67 Å². The summed E-state index contributed by atoms with van der Waals surface area (Å²) in [4.78, 5) is 22.6. The average Bonchev–Trinajstić information content (AvgIpc) is 2.83. The number of benzene rings is 1. The molecule has 0 aliphatic carbocycles. The van der Waals surface area contributed by atoms with Crippen molar-refractivity contribution < 1.29 is 14.5 Å². The number of rotatable bonds is 5. The van der Waals surface area contributed by atoms with Gasteiger partial charge in [-0.2, -0.15) is 0 Å². The second-order valence-electron chi connectivity index (χ2n) is 3.66. The molecule has 0 aliphatic heterocycles. The van der Waals surface area contributed by atoms with E-state index in [-0.39, 0.29) is 28.8 Å². The van der Waals surface area contributed by atoms with Crippen molar-refractivity contribution in [2.45, 2.75) is 0 Å². The van der Waals surface area contributed by atoms with Gasteiger partial charge < -0.3 is 4.74 Å². The first-order chi connectivity index (χ1) is 9.49. The van der Waals surface area contributed by atoms with E-state index in [0.717, 1.165) is 3.79 Å². The van der Waals surface area contributed by atoms with Crippen LogP contribution < -0.4 is 4.74 Å². The summed E-state index contributed by atoms with van der Waals surface area (Å²) < 4.78 is 6.05. The first kappa shape index (κ1) is 15.0. The minimum Gasteiger partial charge on any atom is -0.477 e. The molecule has 1 heterocycles. The largest absolute Gasteiger partial charge is 0.477 e. The number of carbonyl (C=O) groups is 1. The van der Waals surface area contributed by atoms with E-state index in [4.69, 9.17) is 16.3 Å². The van der Waals surface area contributed by atoms with Crippen LogP contribution in [0.15, 0.2) is 34.1 Å². The van der Waals surface area contributed by atoms with Gasteiger partial charge in [0.05, 0.1) is 18.6 Å². The zero-order valence-corrected chi connectivity index (χ0v) is 13.0. The van der Waals surface area contributed by atoms with Gasteiger partial charge in [0.1, 0.15) is 0 Å². The maximum absolute atomic E-state index is 11.9. The van der Waals surface area contributed by atoms with Crippen LogP contribution in [0.4, 0.5) is 5.69 Å². The Kier molecular flexibility index (Phi) is 4.74. The van der Waals surface area contributed by atoms with Crippen LogP contribution in [0.3, 0.4) is 0 Å². The highest BCUT2D eigenvalue weighted by Gasteiger charge is 2.20. The van der Waals surface area contributed by atoms with Crippen molar-refractivity contribution in [3.63, 3.8) is 0 Å². The normalized spacial score (nSPS) is 10.3. The Bertz CT molecular complexity index is 673. The zero-order valence-electron chi connectivity index (χ0n) is 9.84. The number of halogens is 2. The first-order valence-corrected chi connectivity index (χ1v) is 7.32. The Morgan fingerprint density at radius 1 is 1.40 bits per heavy atom. The molecule has 0 bridgehead atoms. The summed E-state index contributed by atoms with van der Waals surface area (Å²) in [7, 11) is 0. The first-order valence-electron chi connectivity index (χ1n) is 5.33. The number of para-hydroxylation sites is 1. The third-order valence-electron chi connectivity index (χ3n) is 2.34. The van der Waals surface area contributed by atoms with Crippen LogP contribution in [-0.4, -0.2) is 17.3 Å². The molecule has 0 fully saturated rings. The quantitative estimate of drug-likeness (QED) is 0.442. The fourth-order valence-electron chi connectivity index (χ4n) is 1.46. The highest BCUT2D eigenvalue weighted by atomic mass is 79.9. The van der Waals surface area contributed by atoms with E-state index in [1.165, 1.54) is 29.5 Å². The summed E-state index contributed by atoms with van der Waals surface area (Å²) in [5, 5.41) is 11.0. The van der Waals surface area contributed by atoms with Gasteiger partial charge in [-0.1, -0.05) is 17.7 Å². The Hall–Kier alpha value is -1.44. The maximum atomic E-state index is 11.9. The van der Waals surface area contributed by atoms with Gasteiger partial charge in [0.2, 0.25) is 11.5 Å². The summed E-state index contributed by atoms with van der Waals surface area (Å²) in [5.41, 5.74) is -0.266. The summed E-state index contributed by atoms with van der Waals surface area (Å²) in [6.45, 7) is -0.308. The van der Waals surface area contributed by atoms with Gasteiger partial charge in [-0.05, 0) is 34.1 Å². The molecule has 2 rings (SSSR count). The van der Waals surface area contributed by atoms with Crippen LogP contribution in [0.5, 0.6) is 5.75 Å². The van der Waals surface area contributed by atoms with Crippen molar-refractivity contribution in [1.82, 2.24) is 0 Å². The van der Waals surface area contributed by atoms with Crippen LogP contribution in [0.2, 0.25) is 5.02 Å². The lowest BCUT2D eigenvalue weighted by Crippen LogP contribution is -2.11. The standard InChI is InChI=1S/C12H7BrClNO4S/c13-11-5-4-10(20-11)9(16)6-19-12-7(14)2-1-3-8(12)15(17)18/h1-5H,6H2. The fraction of sp³-hybridized carbons (Fsp3) is 0.0833. The van der Waals surface area contributed by atoms with Gasteiger partial charge in [-0.15, -0.1) is 11.3 Å². The third kappa shape index (κ3) is 3.36. The average molecular weight is 377 g/mol. The molecule has 0 spiro atoms. The SMILES string of the molecule is O=C(COc1c(Cl)cccc1[N+](=O)[O-])c1ccc(Br)s1. The molecule has 0 amide bonds. The second kappa shape index (κ2) is 6.34. The molecule has 0 N–H and O–H groups in total. The molecule has 104 valence electrons. The lowest BCUT2D eigenvalue weighted by Gasteiger charge is -2.06. The number of thiophene rings is 1. The summed E-state index contributed by atoms with van der Waals surface area (Å²) in [5.74, 6) is -0.363. The van der Waals surface area contributed by atoms with E-state index in [1.54, 1.807) is 12.1 Å². The third-order valence-corrected chi connectivity index (χ3v) is 4.30. The van der Waals surface area contributed by atoms with Crippen LogP contribution in [-0.2, 0) is 0 Å². The van der Waals surface area contributed by atoms with Gasteiger partial charge in [-0.3, -0.25) is 14.9 Å². The van der Waals surface area contributed by atoms with Gasteiger partial charge in [-0.25, -0.2) is 0 Å². The van der Waals surface area contributed by atoms with Crippen molar-refractivity contribution in [3.05, 3.63) is 54.1 Å². The molecule has 0 atom stereocenters. The van der Waals surface area contributed by atoms with Crippen LogP contribution >= 0.6 is 38.9 Å². The molecular weight excluding hydrogens is 370 g/mol. The maximum Gasteiger partial charge on any atom is 0.312 e. The van der Waals surface area contributed by atoms with Gasteiger partial charge in [0, 0.05) is 6.07 Å². The summed E-state index contributed by atoms with van der Waals surface area (Å²) in [6, 6.07) is 7.59. The lowest BCUT2D eigenvalue weighted by molar-refractivity contribution is -0.385. The van der Waals surface area contributed by atoms with Crippen molar-refractivity contribution in [1.29, 1.82) is 0 Å². The molecule has 0 unspecified atom stereocenters. The molecular formula is C12H7BrClNO4S. The Morgan fingerprint density at radius 2 is 2.15 bits per heavy atom. The second-order valence-corrected chi connectivity index (χ2v) is 6.53. The zero-order chi connectivity index (χ0) is 14.7. The molecule has 8 heteroatoms. The number of carbonyl (C=O) groups excluding carboxylic acids is 1. The van der Waals surface area contributed by atoms with E-state index < -0.39 is 4.92 Å². The Balaban J connectivity index is 2.15. The molecule has 5 nitrogen and oxygen atoms in total. The minimum absolute atomic E-state index is 0.0943. The van der Waals surface area contributed by atoms with Gasteiger partial charge >= 0.3 is 5.69 Å². The van der Waals surface area contributed by atoms with E-state index in [2.05, 4.69) is 15.9 Å². The van der Waals surface area contributed by atoms with Crippen LogP contribution in [0.25, 0.3) is 0 Å². The molecule has 1 aromatic heterocycles. The van der Waals surface area contributed by atoms with Gasteiger partial charge in [0.15, 0.2) is 6.61 Å². The number of nitro groups is 1. The fourth-order valence-corrected chi connectivity index (χ4v) is 2.99. The van der Waals surface area contributed by atoms with Crippen LogP contribution in [0, 0.1) is 10.1 Å². The summed E-state index contributed by atoms with van der Waals surface area (Å²) in [6.07, 6.45) is 0. The minimum atomic E-state index is -0.604. The van der Waals surface area contributed by atoms with E-state index in [0.29, 0.717) is 4.88 Å². The number of hydrogen-bond acceptors (Lipinski definition) is 5. The Morgan fingerprint density at radius 3 is 2.75 bits per heavy atom. The van der Waals surface area contributed by atoms with Crippen molar-refractivity contribution >= 4 is 50.3 Å². The highest BCUT2D eigenvalue weighted by molar-refractivity contribution is 9.11. The molecule has 0 saturated carbocycles. The van der Waals surface area contributed by atoms with Crippen molar-refractivity contribution in [3.8, 4) is 5.75 Å². The predicted octanol–water partition coefficient (Wildman–Crippen LogP) is 4.33. The number of nitro benzene ring substituents is 1. The lowest BCUT2D eigenvalue weighted by atomic mass is 10.3. The molecule has 2 aromatic rings. The van der Waals surface area contributed by atoms with Gasteiger partial charge in [0.25, 0.3) is 0 Å². The predicted molar refractivity (Wildman–Crippen MR) is 80.0 cm³/mol. The van der Waals surface area contributed by atoms with E-state index in [1.807, 2.05) is 0 Å². The molecule has 0 saturated heterocycles. The number of ether oxygens (including phenoxy) is 1. The molecule has 0 radical (unpaired) electrons. The van der Waals surface area contributed by atoms with Crippen molar-refractivity contribution in [2.75, 3.05) is 6.61 Å². The summed E-state index contributed by atoms with van der Waals surface area (Å²) >= 11 is 10.4. The number of hydrogen-bond donors (Lipinski definition) is 0. The topological polar surface area (TPSA) is 69.4 Å². The van der Waals surface area contributed by atoms with Crippen molar-refractivity contribution in [2.24, 2.45) is 0 Å². The smallest absolute Gasteiger partial charge is 0.312 e. The number of ketones is 1. The molecule has 1 aromatic carbocycles. The molecule has 0 aliphatic rings. The molecule has 20 heavy (non-hydrogen) atoms. The van der Waals surface area contributed by atoms with E-state index >= 15 is 0 Å².